The lowest BCUT2D eigenvalue weighted by Gasteiger charge is -2.23. The van der Waals surface area contributed by atoms with Crippen molar-refractivity contribution >= 4 is 0 Å². The van der Waals surface area contributed by atoms with Crippen molar-refractivity contribution < 1.29 is 18.9 Å². The molecule has 0 radical (unpaired) electrons. The highest BCUT2D eigenvalue weighted by Crippen LogP contribution is 2.25. The van der Waals surface area contributed by atoms with Gasteiger partial charge in [-0.1, -0.05) is 6.08 Å². The fourth-order valence-electron chi connectivity index (χ4n) is 2.24. The SMILES string of the molecule is C=CCc1cc(OCC)ccc1OCCC1OCCCO1. The van der Waals surface area contributed by atoms with Crippen molar-refractivity contribution in [3.05, 3.63) is 36.4 Å². The van der Waals surface area contributed by atoms with Crippen molar-refractivity contribution in [3.8, 4) is 11.5 Å². The van der Waals surface area contributed by atoms with E-state index in [-0.39, 0.29) is 6.29 Å². The van der Waals surface area contributed by atoms with Gasteiger partial charge in [-0.2, -0.15) is 0 Å². The van der Waals surface area contributed by atoms with Crippen LogP contribution in [0.4, 0.5) is 0 Å². The van der Waals surface area contributed by atoms with Crippen LogP contribution in [0.1, 0.15) is 25.3 Å². The van der Waals surface area contributed by atoms with Gasteiger partial charge in [0.25, 0.3) is 0 Å². The van der Waals surface area contributed by atoms with Gasteiger partial charge < -0.3 is 18.9 Å². The zero-order chi connectivity index (χ0) is 14.9. The molecular weight excluding hydrogens is 268 g/mol. The van der Waals surface area contributed by atoms with Crippen LogP contribution in [0.15, 0.2) is 30.9 Å². The molecule has 0 aromatic heterocycles. The molecule has 0 unspecified atom stereocenters. The standard InChI is InChI=1S/C17H24O4/c1-3-6-14-13-15(18-4-2)7-8-16(14)19-12-9-17-20-10-5-11-21-17/h3,7-8,13,17H,1,4-6,9-12H2,2H3. The number of allylic oxidation sites excluding steroid dienone is 1. The average Bonchev–Trinajstić information content (AvgIpc) is 2.51. The van der Waals surface area contributed by atoms with E-state index in [0.717, 1.165) is 49.5 Å². The lowest BCUT2D eigenvalue weighted by Crippen LogP contribution is -2.26. The molecule has 0 bridgehead atoms. The fraction of sp³-hybridized carbons (Fsp3) is 0.529. The Morgan fingerprint density at radius 3 is 2.81 bits per heavy atom. The smallest absolute Gasteiger partial charge is 0.160 e. The number of rotatable bonds is 8. The molecule has 4 heteroatoms. The van der Waals surface area contributed by atoms with Crippen LogP contribution >= 0.6 is 0 Å². The first-order valence-electron chi connectivity index (χ1n) is 7.56. The molecule has 0 aliphatic carbocycles. The third-order valence-electron chi connectivity index (χ3n) is 3.21. The van der Waals surface area contributed by atoms with E-state index < -0.39 is 0 Å². The number of ether oxygens (including phenoxy) is 4. The molecule has 0 N–H and O–H groups in total. The third kappa shape index (κ3) is 5.06. The summed E-state index contributed by atoms with van der Waals surface area (Å²) in [5, 5.41) is 0. The largest absolute Gasteiger partial charge is 0.494 e. The predicted molar refractivity (Wildman–Crippen MR) is 81.9 cm³/mol. The minimum absolute atomic E-state index is 0.135. The first kappa shape index (κ1) is 15.9. The summed E-state index contributed by atoms with van der Waals surface area (Å²) in [6.07, 6.45) is 4.20. The van der Waals surface area contributed by atoms with E-state index in [9.17, 15) is 0 Å². The normalized spacial score (nSPS) is 15.7. The molecule has 1 saturated heterocycles. The molecule has 0 spiro atoms. The van der Waals surface area contributed by atoms with Gasteiger partial charge in [0.15, 0.2) is 6.29 Å². The Kier molecular flexibility index (Phi) is 6.57. The van der Waals surface area contributed by atoms with Crippen molar-refractivity contribution in [1.82, 2.24) is 0 Å². The van der Waals surface area contributed by atoms with Crippen molar-refractivity contribution in [2.24, 2.45) is 0 Å². The van der Waals surface area contributed by atoms with Gasteiger partial charge in [-0.15, -0.1) is 6.58 Å². The van der Waals surface area contributed by atoms with Crippen molar-refractivity contribution in [2.75, 3.05) is 26.4 Å². The Morgan fingerprint density at radius 1 is 1.29 bits per heavy atom. The minimum Gasteiger partial charge on any atom is -0.494 e. The van der Waals surface area contributed by atoms with E-state index in [1.807, 2.05) is 31.2 Å². The van der Waals surface area contributed by atoms with Crippen molar-refractivity contribution in [1.29, 1.82) is 0 Å². The van der Waals surface area contributed by atoms with Gasteiger partial charge in [-0.05, 0) is 38.0 Å². The molecule has 21 heavy (non-hydrogen) atoms. The molecular formula is C17H24O4. The van der Waals surface area contributed by atoms with Crippen LogP contribution in [0.25, 0.3) is 0 Å². The van der Waals surface area contributed by atoms with E-state index in [0.29, 0.717) is 13.2 Å². The van der Waals surface area contributed by atoms with E-state index in [1.165, 1.54) is 0 Å². The minimum atomic E-state index is -0.135. The summed E-state index contributed by atoms with van der Waals surface area (Å²) in [4.78, 5) is 0. The fourth-order valence-corrected chi connectivity index (χ4v) is 2.24. The molecule has 1 aromatic carbocycles. The molecule has 116 valence electrons. The predicted octanol–water partition coefficient (Wildman–Crippen LogP) is 3.35. The number of hydrogen-bond acceptors (Lipinski definition) is 4. The molecule has 0 atom stereocenters. The zero-order valence-electron chi connectivity index (χ0n) is 12.7. The summed E-state index contributed by atoms with van der Waals surface area (Å²) < 4.78 is 22.4. The van der Waals surface area contributed by atoms with E-state index in [4.69, 9.17) is 18.9 Å². The lowest BCUT2D eigenvalue weighted by molar-refractivity contribution is -0.183. The lowest BCUT2D eigenvalue weighted by atomic mass is 10.1. The topological polar surface area (TPSA) is 36.9 Å². The van der Waals surface area contributed by atoms with Crippen LogP contribution in [0.5, 0.6) is 11.5 Å². The van der Waals surface area contributed by atoms with Crippen LogP contribution < -0.4 is 9.47 Å². The van der Waals surface area contributed by atoms with Crippen molar-refractivity contribution in [3.63, 3.8) is 0 Å². The quantitative estimate of drug-likeness (QED) is 0.689. The summed E-state index contributed by atoms with van der Waals surface area (Å²) in [5.74, 6) is 1.73. The first-order valence-corrected chi connectivity index (χ1v) is 7.56. The van der Waals surface area contributed by atoms with Gasteiger partial charge in [0.1, 0.15) is 11.5 Å². The van der Waals surface area contributed by atoms with Gasteiger partial charge in [0, 0.05) is 12.0 Å². The maximum Gasteiger partial charge on any atom is 0.160 e. The maximum absolute atomic E-state index is 5.86. The van der Waals surface area contributed by atoms with Gasteiger partial charge in [0.05, 0.1) is 26.4 Å². The summed E-state index contributed by atoms with van der Waals surface area (Å²) >= 11 is 0. The summed E-state index contributed by atoms with van der Waals surface area (Å²) in [6.45, 7) is 8.54. The van der Waals surface area contributed by atoms with Gasteiger partial charge in [-0.3, -0.25) is 0 Å². The Hall–Kier alpha value is -1.52. The third-order valence-corrected chi connectivity index (χ3v) is 3.21. The Balaban J connectivity index is 1.89. The number of benzene rings is 1. The number of hydrogen-bond donors (Lipinski definition) is 0. The second kappa shape index (κ2) is 8.70. The summed E-state index contributed by atoms with van der Waals surface area (Å²) in [7, 11) is 0. The molecule has 1 aliphatic heterocycles. The molecule has 2 rings (SSSR count). The second-order valence-corrected chi connectivity index (χ2v) is 4.86. The zero-order valence-corrected chi connectivity index (χ0v) is 12.7. The Labute approximate surface area is 126 Å². The molecule has 1 fully saturated rings. The highest BCUT2D eigenvalue weighted by atomic mass is 16.7. The maximum atomic E-state index is 5.86. The van der Waals surface area contributed by atoms with Gasteiger partial charge in [0.2, 0.25) is 0 Å². The Morgan fingerprint density at radius 2 is 2.10 bits per heavy atom. The highest BCUT2D eigenvalue weighted by molar-refractivity contribution is 5.41. The molecule has 1 aliphatic rings. The molecule has 0 amide bonds. The van der Waals surface area contributed by atoms with Crippen LogP contribution in [0.3, 0.4) is 0 Å². The van der Waals surface area contributed by atoms with E-state index in [2.05, 4.69) is 6.58 Å². The second-order valence-electron chi connectivity index (χ2n) is 4.86. The molecule has 0 saturated carbocycles. The van der Waals surface area contributed by atoms with Gasteiger partial charge >= 0.3 is 0 Å². The van der Waals surface area contributed by atoms with Gasteiger partial charge in [-0.25, -0.2) is 0 Å². The molecule has 1 heterocycles. The molecule has 1 aromatic rings. The first-order chi connectivity index (χ1) is 10.3. The van der Waals surface area contributed by atoms with Crippen LogP contribution in [0.2, 0.25) is 0 Å². The van der Waals surface area contributed by atoms with E-state index >= 15 is 0 Å². The monoisotopic (exact) mass is 292 g/mol. The van der Waals surface area contributed by atoms with Crippen LogP contribution in [-0.4, -0.2) is 32.7 Å². The average molecular weight is 292 g/mol. The summed E-state index contributed by atoms with van der Waals surface area (Å²) in [6, 6.07) is 5.89. The summed E-state index contributed by atoms with van der Waals surface area (Å²) in [5.41, 5.74) is 1.08. The van der Waals surface area contributed by atoms with Crippen LogP contribution in [-0.2, 0) is 15.9 Å². The highest BCUT2D eigenvalue weighted by Gasteiger charge is 2.14. The van der Waals surface area contributed by atoms with E-state index in [1.54, 1.807) is 0 Å². The van der Waals surface area contributed by atoms with Crippen molar-refractivity contribution in [2.45, 2.75) is 32.5 Å². The van der Waals surface area contributed by atoms with Crippen LogP contribution in [0, 0.1) is 0 Å². The molecule has 4 nitrogen and oxygen atoms in total. The Bertz CT molecular complexity index is 438.